The molecule has 3 N–H and O–H groups in total. The van der Waals surface area contributed by atoms with Crippen molar-refractivity contribution in [1.29, 1.82) is 0 Å². The Balaban J connectivity index is 4.22. The molecule has 0 aliphatic heterocycles. The second-order valence-electron chi connectivity index (χ2n) is 15.8. The van der Waals surface area contributed by atoms with Crippen molar-refractivity contribution in [2.75, 3.05) is 26.4 Å². The standard InChI is InChI=1S/C46H87O10P/c1-3-5-7-9-11-13-15-17-19-20-21-22-24-25-27-29-31-33-35-37-45(49)53-41-44(42-55-57(51,52)54-40-43(48)39-47)56-46(50)38-36-34-32-30-28-26-23-18-16-14-12-10-8-6-4-2/h11,13,17,19,43-44,47-48H,3-10,12,14-16,18,20-42H2,1-2H3,(H,51,52)/b13-11+,19-17+/t43-,44+/m0/s1. The molecule has 0 heterocycles. The largest absolute Gasteiger partial charge is 0.472 e. The molecular formula is C46H87O10P. The van der Waals surface area contributed by atoms with E-state index in [-0.39, 0.29) is 19.4 Å². The minimum absolute atomic E-state index is 0.188. The minimum Gasteiger partial charge on any atom is -0.462 e. The van der Waals surface area contributed by atoms with Crippen LogP contribution < -0.4 is 0 Å². The molecular weight excluding hydrogens is 743 g/mol. The van der Waals surface area contributed by atoms with Crippen LogP contribution >= 0.6 is 7.82 Å². The lowest BCUT2D eigenvalue weighted by Crippen LogP contribution is -2.29. The Bertz CT molecular complexity index is 1000. The van der Waals surface area contributed by atoms with Gasteiger partial charge in [0.05, 0.1) is 19.8 Å². The van der Waals surface area contributed by atoms with Crippen LogP contribution in [0.1, 0.15) is 219 Å². The minimum atomic E-state index is -4.62. The Morgan fingerprint density at radius 3 is 1.39 bits per heavy atom. The summed E-state index contributed by atoms with van der Waals surface area (Å²) >= 11 is 0. The van der Waals surface area contributed by atoms with Gasteiger partial charge in [0, 0.05) is 12.8 Å². The number of hydrogen-bond donors (Lipinski definition) is 3. The summed E-state index contributed by atoms with van der Waals surface area (Å²) in [6, 6.07) is 0. The molecule has 0 radical (unpaired) electrons. The first-order valence-electron chi connectivity index (χ1n) is 23.3. The average molecular weight is 831 g/mol. The van der Waals surface area contributed by atoms with Crippen molar-refractivity contribution in [3.63, 3.8) is 0 Å². The maximum absolute atomic E-state index is 12.6. The summed E-state index contributed by atoms with van der Waals surface area (Å²) in [6.07, 6.45) is 42.8. The van der Waals surface area contributed by atoms with Crippen LogP contribution in [0.3, 0.4) is 0 Å². The maximum atomic E-state index is 12.6. The van der Waals surface area contributed by atoms with Crippen molar-refractivity contribution in [3.8, 4) is 0 Å². The van der Waals surface area contributed by atoms with Gasteiger partial charge in [0.15, 0.2) is 6.10 Å². The highest BCUT2D eigenvalue weighted by molar-refractivity contribution is 7.47. The topological polar surface area (TPSA) is 149 Å². The lowest BCUT2D eigenvalue weighted by Gasteiger charge is -2.20. The Morgan fingerprint density at radius 1 is 0.526 bits per heavy atom. The fourth-order valence-corrected chi connectivity index (χ4v) is 7.28. The zero-order valence-corrected chi connectivity index (χ0v) is 37.5. The van der Waals surface area contributed by atoms with Gasteiger partial charge in [0.2, 0.25) is 0 Å². The van der Waals surface area contributed by atoms with Crippen LogP contribution in [0.2, 0.25) is 0 Å². The van der Waals surface area contributed by atoms with Crippen LogP contribution in [-0.2, 0) is 32.7 Å². The number of allylic oxidation sites excluding steroid dienone is 4. The normalized spacial score (nSPS) is 14.0. The zero-order valence-electron chi connectivity index (χ0n) is 36.6. The molecule has 0 bridgehead atoms. The number of aliphatic hydroxyl groups excluding tert-OH is 2. The number of rotatable bonds is 44. The highest BCUT2D eigenvalue weighted by Crippen LogP contribution is 2.43. The van der Waals surface area contributed by atoms with Crippen LogP contribution in [-0.4, -0.2) is 65.7 Å². The number of unbranched alkanes of at least 4 members (excludes halogenated alkanes) is 26. The van der Waals surface area contributed by atoms with E-state index in [2.05, 4.69) is 38.2 Å². The van der Waals surface area contributed by atoms with E-state index in [0.29, 0.717) is 12.8 Å². The van der Waals surface area contributed by atoms with Gasteiger partial charge in [-0.15, -0.1) is 0 Å². The highest BCUT2D eigenvalue weighted by Gasteiger charge is 2.27. The quantitative estimate of drug-likeness (QED) is 0.0234. The van der Waals surface area contributed by atoms with E-state index >= 15 is 0 Å². The third-order valence-corrected chi connectivity index (χ3v) is 11.1. The van der Waals surface area contributed by atoms with Gasteiger partial charge in [-0.1, -0.05) is 186 Å². The van der Waals surface area contributed by atoms with Gasteiger partial charge in [-0.2, -0.15) is 0 Å². The van der Waals surface area contributed by atoms with Gasteiger partial charge in [-0.25, -0.2) is 4.57 Å². The first-order chi connectivity index (χ1) is 27.7. The van der Waals surface area contributed by atoms with Crippen molar-refractivity contribution >= 4 is 19.8 Å². The van der Waals surface area contributed by atoms with Gasteiger partial charge in [0.1, 0.15) is 12.7 Å². The van der Waals surface area contributed by atoms with Crippen molar-refractivity contribution in [2.24, 2.45) is 0 Å². The molecule has 0 spiro atoms. The zero-order chi connectivity index (χ0) is 41.9. The third-order valence-electron chi connectivity index (χ3n) is 10.1. The van der Waals surface area contributed by atoms with Gasteiger partial charge in [0.25, 0.3) is 0 Å². The third kappa shape index (κ3) is 42.4. The van der Waals surface area contributed by atoms with E-state index in [4.69, 9.17) is 23.6 Å². The fraction of sp³-hybridized carbons (Fsp3) is 0.870. The van der Waals surface area contributed by atoms with Gasteiger partial charge in [-0.05, 0) is 44.9 Å². The molecule has 57 heavy (non-hydrogen) atoms. The average Bonchev–Trinajstić information content (AvgIpc) is 3.20. The van der Waals surface area contributed by atoms with Crippen molar-refractivity contribution in [3.05, 3.63) is 24.3 Å². The van der Waals surface area contributed by atoms with Crippen LogP contribution in [0.15, 0.2) is 24.3 Å². The van der Waals surface area contributed by atoms with Gasteiger partial charge >= 0.3 is 19.8 Å². The predicted octanol–water partition coefficient (Wildman–Crippen LogP) is 12.6. The summed E-state index contributed by atoms with van der Waals surface area (Å²) in [5.41, 5.74) is 0. The number of hydrogen-bond acceptors (Lipinski definition) is 9. The molecule has 0 saturated carbocycles. The van der Waals surface area contributed by atoms with E-state index in [1.807, 2.05) is 0 Å². The number of esters is 2. The first-order valence-corrected chi connectivity index (χ1v) is 24.8. The number of carbonyl (C=O) groups is 2. The monoisotopic (exact) mass is 831 g/mol. The molecule has 11 heteroatoms. The Morgan fingerprint density at radius 2 is 0.912 bits per heavy atom. The number of phosphoric ester groups is 1. The summed E-state index contributed by atoms with van der Waals surface area (Å²) in [6.45, 7) is 2.38. The molecule has 1 unspecified atom stereocenters. The Hall–Kier alpha value is -1.55. The molecule has 336 valence electrons. The summed E-state index contributed by atoms with van der Waals surface area (Å²) in [5.74, 6) is -0.919. The number of ether oxygens (including phenoxy) is 2. The summed E-state index contributed by atoms with van der Waals surface area (Å²) < 4.78 is 32.8. The molecule has 0 aliphatic carbocycles. The van der Waals surface area contributed by atoms with Crippen LogP contribution in [0, 0.1) is 0 Å². The van der Waals surface area contributed by atoms with Crippen LogP contribution in [0.4, 0.5) is 0 Å². The molecule has 0 amide bonds. The lowest BCUT2D eigenvalue weighted by atomic mass is 10.0. The van der Waals surface area contributed by atoms with E-state index < -0.39 is 51.8 Å². The lowest BCUT2D eigenvalue weighted by molar-refractivity contribution is -0.161. The molecule has 0 aromatic rings. The number of aliphatic hydroxyl groups is 2. The molecule has 10 nitrogen and oxygen atoms in total. The number of phosphoric acid groups is 1. The van der Waals surface area contributed by atoms with E-state index in [1.165, 1.54) is 128 Å². The van der Waals surface area contributed by atoms with Crippen molar-refractivity contribution in [1.82, 2.24) is 0 Å². The van der Waals surface area contributed by atoms with E-state index in [0.717, 1.165) is 51.4 Å². The Labute approximate surface area is 348 Å². The smallest absolute Gasteiger partial charge is 0.462 e. The Kier molecular flexibility index (Phi) is 41.4. The van der Waals surface area contributed by atoms with Crippen molar-refractivity contribution < 1.29 is 47.8 Å². The molecule has 3 atom stereocenters. The van der Waals surface area contributed by atoms with Crippen LogP contribution in [0.25, 0.3) is 0 Å². The molecule has 0 aromatic carbocycles. The first kappa shape index (κ1) is 55.5. The SMILES string of the molecule is CCCCC/C=C/C/C=C/CCCCCCCCCCCC(=O)OC[C@H](COP(=O)(O)OC[C@@H](O)CO)OC(=O)CCCCCCCCCCCCCCCCC. The number of carbonyl (C=O) groups excluding carboxylic acids is 2. The molecule has 0 aromatic heterocycles. The van der Waals surface area contributed by atoms with Gasteiger partial charge < -0.3 is 24.6 Å². The highest BCUT2D eigenvalue weighted by atomic mass is 31.2. The van der Waals surface area contributed by atoms with Crippen molar-refractivity contribution in [2.45, 2.75) is 232 Å². The van der Waals surface area contributed by atoms with Crippen LogP contribution in [0.5, 0.6) is 0 Å². The molecule has 0 saturated heterocycles. The predicted molar refractivity (Wildman–Crippen MR) is 233 cm³/mol. The second-order valence-corrected chi connectivity index (χ2v) is 17.2. The fourth-order valence-electron chi connectivity index (χ4n) is 6.50. The maximum Gasteiger partial charge on any atom is 0.472 e. The summed E-state index contributed by atoms with van der Waals surface area (Å²) in [5, 5.41) is 18.4. The molecule has 0 aliphatic rings. The summed E-state index contributed by atoms with van der Waals surface area (Å²) in [7, 11) is -4.62. The molecule has 0 fully saturated rings. The van der Waals surface area contributed by atoms with Gasteiger partial charge in [-0.3, -0.25) is 18.6 Å². The van der Waals surface area contributed by atoms with E-state index in [9.17, 15) is 24.2 Å². The molecule has 0 rings (SSSR count). The van der Waals surface area contributed by atoms with E-state index in [1.54, 1.807) is 0 Å². The second kappa shape index (κ2) is 42.6. The summed E-state index contributed by atoms with van der Waals surface area (Å²) in [4.78, 5) is 35.1.